The van der Waals surface area contributed by atoms with Crippen LogP contribution in [0.25, 0.3) is 11.1 Å². The van der Waals surface area contributed by atoms with Crippen molar-refractivity contribution in [3.63, 3.8) is 0 Å². The fraction of sp³-hybridized carbons (Fsp3) is 0.158. The molecule has 3 aromatic rings. The summed E-state index contributed by atoms with van der Waals surface area (Å²) in [4.78, 5) is 8.76. The van der Waals surface area contributed by atoms with Gasteiger partial charge in [0, 0.05) is 42.3 Å². The number of hydrogen-bond acceptors (Lipinski definition) is 5. The summed E-state index contributed by atoms with van der Waals surface area (Å²) in [5.41, 5.74) is 2.80. The summed E-state index contributed by atoms with van der Waals surface area (Å²) in [5, 5.41) is 0. The Labute approximate surface area is 152 Å². The Morgan fingerprint density at radius 3 is 2.73 bits per heavy atom. The van der Waals surface area contributed by atoms with Gasteiger partial charge in [0.25, 0.3) is 10.0 Å². The molecule has 132 valence electrons. The molecule has 6 nitrogen and oxygen atoms in total. The highest BCUT2D eigenvalue weighted by molar-refractivity contribution is 7.92. The molecule has 0 saturated heterocycles. The Morgan fingerprint density at radius 1 is 1.08 bits per heavy atom. The zero-order chi connectivity index (χ0) is 18.1. The Hall–Kier alpha value is -2.93. The average Bonchev–Trinajstić information content (AvgIpc) is 3.12. The van der Waals surface area contributed by atoms with Crippen LogP contribution in [-0.2, 0) is 16.4 Å². The summed E-state index contributed by atoms with van der Waals surface area (Å²) in [7, 11) is -2.17. The van der Waals surface area contributed by atoms with Gasteiger partial charge in [-0.05, 0) is 36.2 Å². The SMILES string of the molecule is COc1cccc(S(=O)(=O)N2CCc3cc(-c4cccnc4)cnc32)c1. The third-order valence-electron chi connectivity index (χ3n) is 4.39. The predicted molar refractivity (Wildman–Crippen MR) is 98.7 cm³/mol. The monoisotopic (exact) mass is 367 g/mol. The van der Waals surface area contributed by atoms with E-state index in [1.54, 1.807) is 36.8 Å². The van der Waals surface area contributed by atoms with Crippen LogP contribution in [0, 0.1) is 0 Å². The van der Waals surface area contributed by atoms with Crippen LogP contribution in [0.3, 0.4) is 0 Å². The summed E-state index contributed by atoms with van der Waals surface area (Å²) < 4.78 is 32.6. The van der Waals surface area contributed by atoms with Crippen LogP contribution in [0.15, 0.2) is 66.0 Å². The molecule has 1 aliphatic rings. The van der Waals surface area contributed by atoms with Crippen molar-refractivity contribution >= 4 is 15.8 Å². The minimum atomic E-state index is -3.68. The van der Waals surface area contributed by atoms with Gasteiger partial charge in [0.15, 0.2) is 0 Å². The van der Waals surface area contributed by atoms with Gasteiger partial charge < -0.3 is 4.74 Å². The van der Waals surface area contributed by atoms with Gasteiger partial charge in [-0.25, -0.2) is 17.7 Å². The lowest BCUT2D eigenvalue weighted by molar-refractivity contribution is 0.413. The van der Waals surface area contributed by atoms with Crippen molar-refractivity contribution in [3.8, 4) is 16.9 Å². The average molecular weight is 367 g/mol. The van der Waals surface area contributed by atoms with E-state index < -0.39 is 10.0 Å². The standard InChI is InChI=1S/C19H17N3O3S/c1-25-17-5-2-6-18(11-17)26(23,24)22-9-7-14-10-16(13-21-19(14)22)15-4-3-8-20-12-15/h2-6,8,10-13H,7,9H2,1H3. The van der Waals surface area contributed by atoms with Crippen LogP contribution in [0.4, 0.5) is 5.82 Å². The molecule has 0 fully saturated rings. The Kier molecular flexibility index (Phi) is 4.08. The van der Waals surface area contributed by atoms with Crippen LogP contribution >= 0.6 is 0 Å². The Bertz CT molecular complexity index is 1050. The molecule has 4 rings (SSSR count). The molecule has 0 saturated carbocycles. The summed E-state index contributed by atoms with van der Waals surface area (Å²) in [6.07, 6.45) is 5.80. The van der Waals surface area contributed by atoms with E-state index in [1.165, 1.54) is 17.5 Å². The number of pyridine rings is 2. The lowest BCUT2D eigenvalue weighted by Gasteiger charge is -2.19. The van der Waals surface area contributed by atoms with Crippen LogP contribution in [0.2, 0.25) is 0 Å². The van der Waals surface area contributed by atoms with E-state index in [4.69, 9.17) is 4.74 Å². The fourth-order valence-corrected chi connectivity index (χ4v) is 4.55. The minimum Gasteiger partial charge on any atom is -0.497 e. The van der Waals surface area contributed by atoms with Crippen LogP contribution < -0.4 is 9.04 Å². The third-order valence-corrected chi connectivity index (χ3v) is 6.17. The second-order valence-corrected chi connectivity index (χ2v) is 7.82. The first-order valence-electron chi connectivity index (χ1n) is 8.16. The summed E-state index contributed by atoms with van der Waals surface area (Å²) in [5.74, 6) is 0.992. The van der Waals surface area contributed by atoms with Crippen molar-refractivity contribution in [1.29, 1.82) is 0 Å². The maximum absolute atomic E-state index is 13.0. The molecule has 0 spiro atoms. The number of benzene rings is 1. The minimum absolute atomic E-state index is 0.197. The van der Waals surface area contributed by atoms with Gasteiger partial charge in [0.2, 0.25) is 0 Å². The number of ether oxygens (including phenoxy) is 1. The Morgan fingerprint density at radius 2 is 1.96 bits per heavy atom. The molecule has 26 heavy (non-hydrogen) atoms. The highest BCUT2D eigenvalue weighted by atomic mass is 32.2. The van der Waals surface area contributed by atoms with Crippen LogP contribution in [0.1, 0.15) is 5.56 Å². The van der Waals surface area contributed by atoms with Crippen molar-refractivity contribution in [2.45, 2.75) is 11.3 Å². The highest BCUT2D eigenvalue weighted by Gasteiger charge is 2.32. The molecule has 0 N–H and O–H groups in total. The number of aromatic nitrogens is 2. The van der Waals surface area contributed by atoms with E-state index in [9.17, 15) is 8.42 Å². The van der Waals surface area contributed by atoms with E-state index in [1.807, 2.05) is 18.2 Å². The Balaban J connectivity index is 1.71. The molecular formula is C19H17N3O3S. The first-order valence-corrected chi connectivity index (χ1v) is 9.60. The number of methoxy groups -OCH3 is 1. The quantitative estimate of drug-likeness (QED) is 0.709. The van der Waals surface area contributed by atoms with Gasteiger partial charge in [-0.2, -0.15) is 0 Å². The highest BCUT2D eigenvalue weighted by Crippen LogP contribution is 2.34. The van der Waals surface area contributed by atoms with Crippen molar-refractivity contribution in [2.24, 2.45) is 0 Å². The number of sulfonamides is 1. The molecule has 0 atom stereocenters. The number of nitrogens with zero attached hydrogens (tertiary/aromatic N) is 3. The summed E-state index contributed by atoms with van der Waals surface area (Å²) >= 11 is 0. The van der Waals surface area contributed by atoms with Gasteiger partial charge in [0.1, 0.15) is 11.6 Å². The van der Waals surface area contributed by atoms with Crippen LogP contribution in [-0.4, -0.2) is 32.0 Å². The molecule has 3 heterocycles. The van der Waals surface area contributed by atoms with Gasteiger partial charge >= 0.3 is 0 Å². The molecule has 7 heteroatoms. The predicted octanol–water partition coefficient (Wildman–Crippen LogP) is 2.90. The number of anilines is 1. The second-order valence-electron chi connectivity index (χ2n) is 5.95. The van der Waals surface area contributed by atoms with Crippen molar-refractivity contribution in [2.75, 3.05) is 18.0 Å². The third kappa shape index (κ3) is 2.80. The molecule has 0 amide bonds. The van der Waals surface area contributed by atoms with E-state index in [0.29, 0.717) is 24.5 Å². The fourth-order valence-electron chi connectivity index (χ4n) is 3.05. The van der Waals surface area contributed by atoms with Crippen LogP contribution in [0.5, 0.6) is 5.75 Å². The zero-order valence-corrected chi connectivity index (χ0v) is 15.0. The molecule has 1 aromatic carbocycles. The lowest BCUT2D eigenvalue weighted by atomic mass is 10.1. The number of hydrogen-bond donors (Lipinski definition) is 0. The largest absolute Gasteiger partial charge is 0.497 e. The molecule has 0 radical (unpaired) electrons. The topological polar surface area (TPSA) is 72.4 Å². The molecule has 0 unspecified atom stereocenters. The van der Waals surface area contributed by atoms with E-state index in [2.05, 4.69) is 9.97 Å². The van der Waals surface area contributed by atoms with Gasteiger partial charge in [-0.3, -0.25) is 4.98 Å². The van der Waals surface area contributed by atoms with Gasteiger partial charge in [-0.1, -0.05) is 12.1 Å². The van der Waals surface area contributed by atoms with Gasteiger partial charge in [0.05, 0.1) is 12.0 Å². The van der Waals surface area contributed by atoms with E-state index in [-0.39, 0.29) is 4.90 Å². The van der Waals surface area contributed by atoms with E-state index >= 15 is 0 Å². The summed E-state index contributed by atoms with van der Waals surface area (Å²) in [6, 6.07) is 12.3. The normalized spacial score (nSPS) is 13.5. The summed E-state index contributed by atoms with van der Waals surface area (Å²) in [6.45, 7) is 0.373. The number of fused-ring (bicyclic) bond motifs is 1. The first kappa shape index (κ1) is 16.5. The van der Waals surface area contributed by atoms with Gasteiger partial charge in [-0.15, -0.1) is 0 Å². The first-order chi connectivity index (χ1) is 12.6. The number of rotatable bonds is 4. The lowest BCUT2D eigenvalue weighted by Crippen LogP contribution is -2.29. The van der Waals surface area contributed by atoms with Crippen molar-refractivity contribution < 1.29 is 13.2 Å². The van der Waals surface area contributed by atoms with E-state index in [0.717, 1.165) is 16.7 Å². The molecule has 0 bridgehead atoms. The second kappa shape index (κ2) is 6.42. The molecule has 1 aliphatic heterocycles. The van der Waals surface area contributed by atoms with Crippen molar-refractivity contribution in [1.82, 2.24) is 9.97 Å². The van der Waals surface area contributed by atoms with Crippen molar-refractivity contribution in [3.05, 3.63) is 66.6 Å². The molecule has 0 aliphatic carbocycles. The molecule has 2 aromatic heterocycles. The maximum Gasteiger partial charge on any atom is 0.265 e. The smallest absolute Gasteiger partial charge is 0.265 e. The molecular weight excluding hydrogens is 350 g/mol. The zero-order valence-electron chi connectivity index (χ0n) is 14.2. The maximum atomic E-state index is 13.0.